The maximum Gasteiger partial charge on any atom is 0.284 e. The molecule has 0 fully saturated rings. The average molecular weight is 512 g/mol. The van der Waals surface area contributed by atoms with Crippen molar-refractivity contribution >= 4 is 22.8 Å². The molecule has 192 valence electrons. The molecule has 0 saturated heterocycles. The van der Waals surface area contributed by atoms with Gasteiger partial charge in [-0.05, 0) is 23.3 Å². The highest BCUT2D eigenvalue weighted by molar-refractivity contribution is 6.00. The standard InChI is InChI=1S/C27H25N7O4/c28-24-20-19(14-32(10-12-35)26(20)31-15-30-24)16-6-8-17(9-7-16)23-22-21(25(29)36)27(37)34(33(22)11-13-38-23)18-4-2-1-3-5-18/h1-9,14-15,23,35H,10-13H2,(H2,29,36)(H2,28,30,31). The van der Waals surface area contributed by atoms with Gasteiger partial charge in [0.2, 0.25) is 0 Å². The highest BCUT2D eigenvalue weighted by Crippen LogP contribution is 2.36. The fourth-order valence-electron chi connectivity index (χ4n) is 5.18. The molecule has 1 aliphatic heterocycles. The number of nitrogen functional groups attached to an aromatic ring is 1. The molecule has 5 N–H and O–H groups in total. The minimum atomic E-state index is -0.798. The number of carbonyl (C=O) groups is 1. The Labute approximate surface area is 216 Å². The molecule has 11 nitrogen and oxygen atoms in total. The van der Waals surface area contributed by atoms with E-state index in [-0.39, 0.29) is 12.2 Å². The van der Waals surface area contributed by atoms with Crippen LogP contribution in [0.25, 0.3) is 27.8 Å². The lowest BCUT2D eigenvalue weighted by molar-refractivity contribution is 0.0390. The van der Waals surface area contributed by atoms with Gasteiger partial charge in [0.25, 0.3) is 11.5 Å². The second-order valence-corrected chi connectivity index (χ2v) is 8.99. The van der Waals surface area contributed by atoms with Crippen molar-refractivity contribution in [2.75, 3.05) is 18.9 Å². The van der Waals surface area contributed by atoms with E-state index in [4.69, 9.17) is 16.2 Å². The lowest BCUT2D eigenvalue weighted by Crippen LogP contribution is -2.28. The van der Waals surface area contributed by atoms with Crippen molar-refractivity contribution in [1.82, 2.24) is 23.9 Å². The summed E-state index contributed by atoms with van der Waals surface area (Å²) in [6.45, 7) is 1.07. The van der Waals surface area contributed by atoms with Crippen molar-refractivity contribution in [3.05, 3.63) is 94.3 Å². The van der Waals surface area contributed by atoms with Gasteiger partial charge in [-0.25, -0.2) is 14.6 Å². The number of benzene rings is 2. The molecule has 1 atom stereocenters. The van der Waals surface area contributed by atoms with E-state index < -0.39 is 17.6 Å². The molecule has 6 rings (SSSR count). The first-order valence-corrected chi connectivity index (χ1v) is 12.1. The molecule has 1 unspecified atom stereocenters. The maximum atomic E-state index is 13.4. The summed E-state index contributed by atoms with van der Waals surface area (Å²) in [4.78, 5) is 34.3. The van der Waals surface area contributed by atoms with Crippen molar-refractivity contribution < 1.29 is 14.6 Å². The predicted octanol–water partition coefficient (Wildman–Crippen LogP) is 1.84. The Morgan fingerprint density at radius 2 is 1.87 bits per heavy atom. The van der Waals surface area contributed by atoms with Gasteiger partial charge in [0.1, 0.15) is 29.5 Å². The molecule has 0 saturated carbocycles. The number of carbonyl (C=O) groups excluding carboxylic acids is 1. The number of anilines is 1. The summed E-state index contributed by atoms with van der Waals surface area (Å²) in [6.07, 6.45) is 2.62. The number of rotatable bonds is 6. The Kier molecular flexibility index (Phi) is 5.78. The van der Waals surface area contributed by atoms with Crippen LogP contribution < -0.4 is 17.0 Å². The van der Waals surface area contributed by atoms with Crippen molar-refractivity contribution in [3.8, 4) is 16.8 Å². The number of hydrogen-bond donors (Lipinski definition) is 3. The summed E-state index contributed by atoms with van der Waals surface area (Å²) in [7, 11) is 0. The molecule has 1 amide bonds. The van der Waals surface area contributed by atoms with E-state index in [2.05, 4.69) is 9.97 Å². The molecule has 0 radical (unpaired) electrons. The van der Waals surface area contributed by atoms with Gasteiger partial charge in [-0.3, -0.25) is 14.3 Å². The summed E-state index contributed by atoms with van der Waals surface area (Å²) < 4.78 is 11.2. The molecule has 1 aliphatic rings. The van der Waals surface area contributed by atoms with Crippen LogP contribution in [0, 0.1) is 0 Å². The number of fused-ring (bicyclic) bond motifs is 2. The first kappa shape index (κ1) is 23.6. The largest absolute Gasteiger partial charge is 0.395 e. The highest BCUT2D eigenvalue weighted by Gasteiger charge is 2.34. The highest BCUT2D eigenvalue weighted by atomic mass is 16.5. The Hall–Kier alpha value is -4.74. The second kappa shape index (κ2) is 9.29. The Morgan fingerprint density at radius 1 is 1.11 bits per heavy atom. The summed E-state index contributed by atoms with van der Waals surface area (Å²) in [6, 6.07) is 16.7. The number of aromatic nitrogens is 5. The lowest BCUT2D eigenvalue weighted by atomic mass is 9.98. The van der Waals surface area contributed by atoms with Crippen LogP contribution >= 0.6 is 0 Å². The van der Waals surface area contributed by atoms with E-state index in [1.807, 2.05) is 53.2 Å². The first-order chi connectivity index (χ1) is 18.5. The Balaban J connectivity index is 1.45. The van der Waals surface area contributed by atoms with Crippen LogP contribution in [0.5, 0.6) is 0 Å². The van der Waals surface area contributed by atoms with Gasteiger partial charge in [0.15, 0.2) is 0 Å². The van der Waals surface area contributed by atoms with Crippen molar-refractivity contribution in [2.24, 2.45) is 5.73 Å². The van der Waals surface area contributed by atoms with Gasteiger partial charge >= 0.3 is 0 Å². The van der Waals surface area contributed by atoms with E-state index in [1.54, 1.807) is 16.8 Å². The van der Waals surface area contributed by atoms with Crippen LogP contribution in [-0.2, 0) is 17.8 Å². The molecule has 3 aromatic heterocycles. The van der Waals surface area contributed by atoms with E-state index in [1.165, 1.54) is 11.0 Å². The minimum Gasteiger partial charge on any atom is -0.395 e. The smallest absolute Gasteiger partial charge is 0.284 e. The van der Waals surface area contributed by atoms with Gasteiger partial charge in [-0.1, -0.05) is 42.5 Å². The van der Waals surface area contributed by atoms with Crippen LogP contribution in [0.3, 0.4) is 0 Å². The molecule has 0 spiro atoms. The normalized spacial score (nSPS) is 15.0. The zero-order valence-corrected chi connectivity index (χ0v) is 20.3. The quantitative estimate of drug-likeness (QED) is 0.314. The van der Waals surface area contributed by atoms with E-state index >= 15 is 0 Å². The van der Waals surface area contributed by atoms with Gasteiger partial charge in [0.05, 0.1) is 36.5 Å². The zero-order valence-electron chi connectivity index (χ0n) is 20.3. The van der Waals surface area contributed by atoms with Crippen LogP contribution in [0.4, 0.5) is 5.82 Å². The molecule has 5 aromatic rings. The molecule has 0 aliphatic carbocycles. The molecular formula is C27H25N7O4. The lowest BCUT2D eigenvalue weighted by Gasteiger charge is -2.27. The predicted molar refractivity (Wildman–Crippen MR) is 141 cm³/mol. The fourth-order valence-corrected chi connectivity index (χ4v) is 5.18. The molecule has 11 heteroatoms. The van der Waals surface area contributed by atoms with Crippen molar-refractivity contribution in [3.63, 3.8) is 0 Å². The number of para-hydroxylation sites is 1. The molecule has 0 bridgehead atoms. The summed E-state index contributed by atoms with van der Waals surface area (Å²) in [5.74, 6) is -0.452. The third kappa shape index (κ3) is 3.67. The average Bonchev–Trinajstić information content (AvgIpc) is 3.45. The first-order valence-electron chi connectivity index (χ1n) is 12.1. The molecule has 2 aromatic carbocycles. The number of nitrogens with zero attached hydrogens (tertiary/aromatic N) is 5. The van der Waals surface area contributed by atoms with Crippen LogP contribution in [-0.4, -0.2) is 48.1 Å². The number of aliphatic hydroxyl groups is 1. The van der Waals surface area contributed by atoms with Crippen molar-refractivity contribution in [2.45, 2.75) is 19.2 Å². The monoisotopic (exact) mass is 511 g/mol. The summed E-state index contributed by atoms with van der Waals surface area (Å²) in [5, 5.41) is 10.2. The number of primary amides is 1. The van der Waals surface area contributed by atoms with Gasteiger partial charge in [0, 0.05) is 18.3 Å². The molecule has 38 heavy (non-hydrogen) atoms. The topological polar surface area (TPSA) is 156 Å². The fraction of sp³-hybridized carbons (Fsp3) is 0.185. The van der Waals surface area contributed by atoms with Crippen molar-refractivity contribution in [1.29, 1.82) is 0 Å². The maximum absolute atomic E-state index is 13.4. The zero-order chi connectivity index (χ0) is 26.4. The third-order valence-electron chi connectivity index (χ3n) is 6.81. The minimum absolute atomic E-state index is 0.0440. The second-order valence-electron chi connectivity index (χ2n) is 8.99. The Morgan fingerprint density at radius 3 is 2.58 bits per heavy atom. The Bertz CT molecular complexity index is 1720. The van der Waals surface area contributed by atoms with E-state index in [9.17, 15) is 14.7 Å². The number of hydrogen-bond acceptors (Lipinski definition) is 7. The molecular weight excluding hydrogens is 486 g/mol. The van der Waals surface area contributed by atoms with E-state index in [0.29, 0.717) is 47.9 Å². The third-order valence-corrected chi connectivity index (χ3v) is 6.81. The number of aliphatic hydroxyl groups excluding tert-OH is 1. The van der Waals surface area contributed by atoms with Gasteiger partial charge < -0.3 is 25.9 Å². The SMILES string of the molecule is NC(=O)c1c2n(n(-c3ccccc3)c1=O)CCOC2c1ccc(-c2cn(CCO)c3ncnc(N)c23)cc1. The van der Waals surface area contributed by atoms with Crippen LogP contribution in [0.2, 0.25) is 0 Å². The van der Waals surface area contributed by atoms with Crippen LogP contribution in [0.15, 0.2) is 71.9 Å². The van der Waals surface area contributed by atoms with Crippen LogP contribution in [0.1, 0.15) is 27.7 Å². The summed E-state index contributed by atoms with van der Waals surface area (Å²) in [5.41, 5.74) is 15.5. The number of amides is 1. The number of nitrogens with two attached hydrogens (primary N) is 2. The number of ether oxygens (including phenoxy) is 1. The van der Waals surface area contributed by atoms with E-state index in [0.717, 1.165) is 16.7 Å². The van der Waals surface area contributed by atoms with Gasteiger partial charge in [-0.15, -0.1) is 0 Å². The van der Waals surface area contributed by atoms with Gasteiger partial charge in [-0.2, -0.15) is 0 Å². The molecule has 4 heterocycles. The summed E-state index contributed by atoms with van der Waals surface area (Å²) >= 11 is 0.